The number of nitrogens with zero attached hydrogens (tertiary/aromatic N) is 4. The summed E-state index contributed by atoms with van der Waals surface area (Å²) in [5.41, 5.74) is 1.00. The first-order chi connectivity index (χ1) is 12.0. The Kier molecular flexibility index (Phi) is 5.89. The van der Waals surface area contributed by atoms with Crippen molar-refractivity contribution < 1.29 is 9.53 Å². The van der Waals surface area contributed by atoms with E-state index in [-0.39, 0.29) is 5.91 Å². The molecule has 2 aliphatic heterocycles. The topological polar surface area (TPSA) is 58.6 Å². The van der Waals surface area contributed by atoms with Crippen LogP contribution in [0, 0.1) is 6.92 Å². The van der Waals surface area contributed by atoms with Crippen LogP contribution < -0.4 is 4.90 Å². The molecule has 3 rings (SSSR count). The second kappa shape index (κ2) is 8.13. The Bertz CT molecular complexity index is 591. The molecule has 0 unspecified atom stereocenters. The highest BCUT2D eigenvalue weighted by atomic mass is 16.5. The normalized spacial score (nSPS) is 21.2. The Morgan fingerprint density at radius 2 is 2.04 bits per heavy atom. The molecule has 3 heterocycles. The first-order valence-corrected chi connectivity index (χ1v) is 9.53. The zero-order valence-electron chi connectivity index (χ0n) is 15.7. The lowest BCUT2D eigenvalue weighted by Gasteiger charge is -2.36. The van der Waals surface area contributed by atoms with E-state index in [4.69, 9.17) is 9.72 Å². The molecular weight excluding hydrogens is 316 g/mol. The number of amides is 1. The average Bonchev–Trinajstić information content (AvgIpc) is 3.13. The van der Waals surface area contributed by atoms with E-state index in [0.717, 1.165) is 69.4 Å². The standard InChI is InChI=1S/C19H30N4O2/c1-14(2)19-20-15(3)13-17(21-19)22-8-10-23(11-9-22)18(24)7-6-16-5-4-12-25-16/h13-14,16H,4-12H2,1-3H3/t16-/m0/s1. The Morgan fingerprint density at radius 1 is 1.28 bits per heavy atom. The lowest BCUT2D eigenvalue weighted by molar-refractivity contribution is -0.132. The number of anilines is 1. The van der Waals surface area contributed by atoms with Crippen molar-refractivity contribution in [1.82, 2.24) is 14.9 Å². The molecule has 2 saturated heterocycles. The average molecular weight is 346 g/mol. The first-order valence-electron chi connectivity index (χ1n) is 9.53. The quantitative estimate of drug-likeness (QED) is 0.820. The van der Waals surface area contributed by atoms with Crippen LogP contribution >= 0.6 is 0 Å². The number of piperazine rings is 1. The minimum Gasteiger partial charge on any atom is -0.378 e. The molecule has 0 aromatic carbocycles. The van der Waals surface area contributed by atoms with Crippen LogP contribution in [0.15, 0.2) is 6.07 Å². The van der Waals surface area contributed by atoms with E-state index in [1.807, 2.05) is 17.9 Å². The zero-order valence-corrected chi connectivity index (χ0v) is 15.7. The maximum Gasteiger partial charge on any atom is 0.222 e. The third-order valence-corrected chi connectivity index (χ3v) is 5.03. The molecule has 0 radical (unpaired) electrons. The van der Waals surface area contributed by atoms with Crippen molar-refractivity contribution in [2.45, 2.75) is 58.5 Å². The smallest absolute Gasteiger partial charge is 0.222 e. The number of aryl methyl sites for hydroxylation is 1. The molecule has 6 heteroatoms. The Morgan fingerprint density at radius 3 is 2.68 bits per heavy atom. The molecule has 138 valence electrons. The molecule has 1 amide bonds. The van der Waals surface area contributed by atoms with Gasteiger partial charge in [-0.3, -0.25) is 4.79 Å². The van der Waals surface area contributed by atoms with Crippen LogP contribution in [0.2, 0.25) is 0 Å². The minimum absolute atomic E-state index is 0.261. The number of aromatic nitrogens is 2. The summed E-state index contributed by atoms with van der Waals surface area (Å²) in [4.78, 5) is 25.9. The van der Waals surface area contributed by atoms with Gasteiger partial charge in [-0.05, 0) is 26.2 Å². The molecular formula is C19H30N4O2. The summed E-state index contributed by atoms with van der Waals surface area (Å²) in [7, 11) is 0. The Hall–Kier alpha value is -1.69. The van der Waals surface area contributed by atoms with Crippen LogP contribution in [0.4, 0.5) is 5.82 Å². The van der Waals surface area contributed by atoms with Crippen molar-refractivity contribution in [1.29, 1.82) is 0 Å². The first kappa shape index (κ1) is 18.1. The molecule has 1 aromatic heterocycles. The second-order valence-corrected chi connectivity index (χ2v) is 7.42. The van der Waals surface area contributed by atoms with E-state index < -0.39 is 0 Å². The molecule has 25 heavy (non-hydrogen) atoms. The molecule has 0 bridgehead atoms. The van der Waals surface area contributed by atoms with Gasteiger partial charge in [0.2, 0.25) is 5.91 Å². The lowest BCUT2D eigenvalue weighted by atomic mass is 10.1. The summed E-state index contributed by atoms with van der Waals surface area (Å²) in [6.07, 6.45) is 4.00. The van der Waals surface area contributed by atoms with Gasteiger partial charge in [0, 0.05) is 56.9 Å². The number of hydrogen-bond donors (Lipinski definition) is 0. The molecule has 0 N–H and O–H groups in total. The fourth-order valence-corrected chi connectivity index (χ4v) is 3.49. The summed E-state index contributed by atoms with van der Waals surface area (Å²) in [5, 5.41) is 0. The van der Waals surface area contributed by atoms with E-state index >= 15 is 0 Å². The Balaban J connectivity index is 1.52. The van der Waals surface area contributed by atoms with Crippen molar-refractivity contribution >= 4 is 11.7 Å². The number of carbonyl (C=O) groups excluding carboxylic acids is 1. The van der Waals surface area contributed by atoms with Crippen molar-refractivity contribution in [3.05, 3.63) is 17.6 Å². The maximum atomic E-state index is 12.4. The predicted octanol–water partition coefficient (Wildman–Crippen LogP) is 2.52. The van der Waals surface area contributed by atoms with Crippen LogP contribution in [-0.2, 0) is 9.53 Å². The molecule has 1 atom stereocenters. The SMILES string of the molecule is Cc1cc(N2CCN(C(=O)CC[C@@H]3CCCO3)CC2)nc(C(C)C)n1. The third kappa shape index (κ3) is 4.69. The Labute approximate surface area is 150 Å². The summed E-state index contributed by atoms with van der Waals surface area (Å²) in [5.74, 6) is 2.46. The van der Waals surface area contributed by atoms with Gasteiger partial charge in [0.05, 0.1) is 6.10 Å². The van der Waals surface area contributed by atoms with Gasteiger partial charge in [0.15, 0.2) is 0 Å². The summed E-state index contributed by atoms with van der Waals surface area (Å²) in [6.45, 7) is 10.3. The van der Waals surface area contributed by atoms with E-state index in [1.54, 1.807) is 0 Å². The summed E-state index contributed by atoms with van der Waals surface area (Å²) < 4.78 is 5.61. The van der Waals surface area contributed by atoms with Crippen LogP contribution in [-0.4, -0.2) is 59.7 Å². The fourth-order valence-electron chi connectivity index (χ4n) is 3.49. The number of rotatable bonds is 5. The van der Waals surface area contributed by atoms with Gasteiger partial charge in [0.25, 0.3) is 0 Å². The van der Waals surface area contributed by atoms with Crippen molar-refractivity contribution in [2.75, 3.05) is 37.7 Å². The van der Waals surface area contributed by atoms with E-state index in [1.165, 1.54) is 0 Å². The molecule has 6 nitrogen and oxygen atoms in total. The largest absolute Gasteiger partial charge is 0.378 e. The van der Waals surface area contributed by atoms with E-state index in [9.17, 15) is 4.79 Å². The molecule has 1 aromatic rings. The van der Waals surface area contributed by atoms with Crippen molar-refractivity contribution in [3.8, 4) is 0 Å². The molecule has 0 saturated carbocycles. The molecule has 0 aliphatic carbocycles. The van der Waals surface area contributed by atoms with Crippen LogP contribution in [0.25, 0.3) is 0 Å². The van der Waals surface area contributed by atoms with E-state index in [2.05, 4.69) is 23.7 Å². The maximum absolute atomic E-state index is 12.4. The van der Waals surface area contributed by atoms with Gasteiger partial charge in [-0.1, -0.05) is 13.8 Å². The summed E-state index contributed by atoms with van der Waals surface area (Å²) >= 11 is 0. The number of ether oxygens (including phenoxy) is 1. The van der Waals surface area contributed by atoms with Crippen molar-refractivity contribution in [3.63, 3.8) is 0 Å². The van der Waals surface area contributed by atoms with Crippen LogP contribution in [0.3, 0.4) is 0 Å². The zero-order chi connectivity index (χ0) is 17.8. The van der Waals surface area contributed by atoms with Gasteiger partial charge >= 0.3 is 0 Å². The fraction of sp³-hybridized carbons (Fsp3) is 0.737. The van der Waals surface area contributed by atoms with Crippen LogP contribution in [0.1, 0.15) is 57.0 Å². The monoisotopic (exact) mass is 346 g/mol. The van der Waals surface area contributed by atoms with Gasteiger partial charge < -0.3 is 14.5 Å². The molecule has 2 aliphatic rings. The van der Waals surface area contributed by atoms with E-state index in [0.29, 0.717) is 18.4 Å². The van der Waals surface area contributed by atoms with Crippen molar-refractivity contribution in [2.24, 2.45) is 0 Å². The molecule has 0 spiro atoms. The minimum atomic E-state index is 0.261. The number of hydrogen-bond acceptors (Lipinski definition) is 5. The summed E-state index contributed by atoms with van der Waals surface area (Å²) in [6, 6.07) is 2.04. The third-order valence-electron chi connectivity index (χ3n) is 5.03. The number of carbonyl (C=O) groups is 1. The lowest BCUT2D eigenvalue weighted by Crippen LogP contribution is -2.49. The predicted molar refractivity (Wildman–Crippen MR) is 97.9 cm³/mol. The van der Waals surface area contributed by atoms with Gasteiger partial charge in [-0.15, -0.1) is 0 Å². The van der Waals surface area contributed by atoms with Gasteiger partial charge in [-0.2, -0.15) is 0 Å². The second-order valence-electron chi connectivity index (χ2n) is 7.42. The van der Waals surface area contributed by atoms with Gasteiger partial charge in [-0.25, -0.2) is 9.97 Å². The van der Waals surface area contributed by atoms with Crippen LogP contribution in [0.5, 0.6) is 0 Å². The molecule has 2 fully saturated rings. The highest BCUT2D eigenvalue weighted by Gasteiger charge is 2.24. The highest BCUT2D eigenvalue weighted by Crippen LogP contribution is 2.20. The highest BCUT2D eigenvalue weighted by molar-refractivity contribution is 5.76. The van der Waals surface area contributed by atoms with Gasteiger partial charge in [0.1, 0.15) is 11.6 Å².